The number of halogens is 2. The Labute approximate surface area is 79.9 Å². The first-order valence-electron chi connectivity index (χ1n) is 4.24. The smallest absolute Gasteiger partial charge is 0.124 e. The molecule has 1 aromatic rings. The highest BCUT2D eigenvalue weighted by molar-refractivity contribution is 9.10. The molecule has 0 bridgehead atoms. The lowest BCUT2D eigenvalue weighted by Crippen LogP contribution is -2.03. The number of hydrogen-bond donors (Lipinski definition) is 0. The molecule has 1 aliphatic rings. The summed E-state index contributed by atoms with van der Waals surface area (Å²) < 4.78 is 13.9. The van der Waals surface area contributed by atoms with Gasteiger partial charge in [0, 0.05) is 4.47 Å². The fraction of sp³-hybridized carbons (Fsp3) is 0.400. The van der Waals surface area contributed by atoms with Crippen LogP contribution < -0.4 is 0 Å². The molecule has 1 aliphatic carbocycles. The van der Waals surface area contributed by atoms with Gasteiger partial charge in [0.2, 0.25) is 0 Å². The quantitative estimate of drug-likeness (QED) is 0.639. The van der Waals surface area contributed by atoms with Gasteiger partial charge in [0.15, 0.2) is 0 Å². The number of aryl methyl sites for hydroxylation is 1. The summed E-state index contributed by atoms with van der Waals surface area (Å²) >= 11 is 3.39. The molecule has 1 aromatic carbocycles. The second-order valence-electron chi connectivity index (χ2n) is 3.23. The van der Waals surface area contributed by atoms with Crippen molar-refractivity contribution >= 4 is 15.9 Å². The van der Waals surface area contributed by atoms with Crippen LogP contribution in [0.15, 0.2) is 16.6 Å². The van der Waals surface area contributed by atoms with E-state index >= 15 is 0 Å². The Hall–Kier alpha value is -0.370. The molecule has 0 saturated heterocycles. The number of rotatable bonds is 0. The summed E-state index contributed by atoms with van der Waals surface area (Å²) in [6.07, 6.45) is 4.56. The van der Waals surface area contributed by atoms with E-state index in [1.807, 2.05) is 0 Å². The van der Waals surface area contributed by atoms with Crippen LogP contribution in [0.2, 0.25) is 0 Å². The zero-order valence-corrected chi connectivity index (χ0v) is 8.33. The fourth-order valence-electron chi connectivity index (χ4n) is 1.78. The Bertz CT molecular complexity index is 307. The molecule has 0 fully saturated rings. The van der Waals surface area contributed by atoms with E-state index in [-0.39, 0.29) is 5.82 Å². The molecule has 64 valence electrons. The van der Waals surface area contributed by atoms with Crippen LogP contribution in [0, 0.1) is 5.82 Å². The maximum absolute atomic E-state index is 12.9. The monoisotopic (exact) mass is 228 g/mol. The Morgan fingerprint density at radius 1 is 1.17 bits per heavy atom. The van der Waals surface area contributed by atoms with Crippen LogP contribution in [0.3, 0.4) is 0 Å². The highest BCUT2D eigenvalue weighted by Crippen LogP contribution is 2.28. The van der Waals surface area contributed by atoms with Crippen molar-refractivity contribution in [1.29, 1.82) is 0 Å². The van der Waals surface area contributed by atoms with E-state index in [1.54, 1.807) is 12.1 Å². The Morgan fingerprint density at radius 3 is 2.75 bits per heavy atom. The van der Waals surface area contributed by atoms with Gasteiger partial charge in [-0.15, -0.1) is 0 Å². The molecule has 0 aromatic heterocycles. The summed E-state index contributed by atoms with van der Waals surface area (Å²) in [5.41, 5.74) is 2.50. The van der Waals surface area contributed by atoms with E-state index in [4.69, 9.17) is 0 Å². The lowest BCUT2D eigenvalue weighted by atomic mass is 9.92. The third kappa shape index (κ3) is 1.40. The minimum Gasteiger partial charge on any atom is -0.207 e. The second-order valence-corrected chi connectivity index (χ2v) is 4.09. The van der Waals surface area contributed by atoms with Crippen molar-refractivity contribution in [3.05, 3.63) is 33.5 Å². The van der Waals surface area contributed by atoms with Gasteiger partial charge in [0.25, 0.3) is 0 Å². The fourth-order valence-corrected chi connectivity index (χ4v) is 2.45. The largest absolute Gasteiger partial charge is 0.207 e. The molecule has 0 heterocycles. The van der Waals surface area contributed by atoms with Gasteiger partial charge in [-0.2, -0.15) is 0 Å². The van der Waals surface area contributed by atoms with E-state index in [0.29, 0.717) is 0 Å². The summed E-state index contributed by atoms with van der Waals surface area (Å²) in [7, 11) is 0. The summed E-state index contributed by atoms with van der Waals surface area (Å²) in [6.45, 7) is 0. The van der Waals surface area contributed by atoms with Crippen molar-refractivity contribution in [2.45, 2.75) is 25.7 Å². The summed E-state index contributed by atoms with van der Waals surface area (Å²) in [6, 6.07) is 3.23. The Kier molecular flexibility index (Phi) is 2.18. The lowest BCUT2D eigenvalue weighted by molar-refractivity contribution is 0.612. The van der Waals surface area contributed by atoms with Gasteiger partial charge in [-0.3, -0.25) is 0 Å². The second kappa shape index (κ2) is 3.17. The van der Waals surface area contributed by atoms with Crippen molar-refractivity contribution < 1.29 is 4.39 Å². The van der Waals surface area contributed by atoms with E-state index in [2.05, 4.69) is 15.9 Å². The van der Waals surface area contributed by atoms with Crippen molar-refractivity contribution in [3.63, 3.8) is 0 Å². The predicted octanol–water partition coefficient (Wildman–Crippen LogP) is 3.47. The standard InChI is InChI=1S/C10H10BrF/c11-10-6-8(12)5-7-3-1-2-4-9(7)10/h5-6H,1-4H2. The third-order valence-electron chi connectivity index (χ3n) is 2.38. The predicted molar refractivity (Wildman–Crippen MR) is 50.7 cm³/mol. The number of benzene rings is 1. The van der Waals surface area contributed by atoms with Crippen molar-refractivity contribution in [2.24, 2.45) is 0 Å². The molecular weight excluding hydrogens is 219 g/mol. The van der Waals surface area contributed by atoms with Gasteiger partial charge < -0.3 is 0 Å². The Balaban J connectivity index is 2.53. The van der Waals surface area contributed by atoms with Crippen LogP contribution >= 0.6 is 15.9 Å². The van der Waals surface area contributed by atoms with Gasteiger partial charge in [-0.1, -0.05) is 15.9 Å². The number of fused-ring (bicyclic) bond motifs is 1. The van der Waals surface area contributed by atoms with Crippen molar-refractivity contribution in [2.75, 3.05) is 0 Å². The molecule has 2 heteroatoms. The Morgan fingerprint density at radius 2 is 1.92 bits per heavy atom. The maximum Gasteiger partial charge on any atom is 0.124 e. The molecule has 0 saturated carbocycles. The van der Waals surface area contributed by atoms with E-state index in [9.17, 15) is 4.39 Å². The molecule has 0 unspecified atom stereocenters. The van der Waals surface area contributed by atoms with Gasteiger partial charge in [0.05, 0.1) is 0 Å². The number of hydrogen-bond acceptors (Lipinski definition) is 0. The van der Waals surface area contributed by atoms with E-state index < -0.39 is 0 Å². The zero-order chi connectivity index (χ0) is 8.55. The normalized spacial score (nSPS) is 15.8. The summed E-state index contributed by atoms with van der Waals surface area (Å²) in [4.78, 5) is 0. The molecule has 0 nitrogen and oxygen atoms in total. The SMILES string of the molecule is Fc1cc(Br)c2c(c1)CCCC2. The first-order valence-corrected chi connectivity index (χ1v) is 5.03. The molecular formula is C10H10BrF. The molecule has 0 aliphatic heterocycles. The molecule has 0 atom stereocenters. The van der Waals surface area contributed by atoms with Gasteiger partial charge in [0.1, 0.15) is 5.82 Å². The molecule has 0 amide bonds. The topological polar surface area (TPSA) is 0 Å². The molecule has 0 spiro atoms. The molecule has 0 radical (unpaired) electrons. The van der Waals surface area contributed by atoms with Gasteiger partial charge >= 0.3 is 0 Å². The van der Waals surface area contributed by atoms with E-state index in [0.717, 1.165) is 17.3 Å². The van der Waals surface area contributed by atoms with Crippen molar-refractivity contribution in [3.8, 4) is 0 Å². The highest BCUT2D eigenvalue weighted by atomic mass is 79.9. The molecule has 12 heavy (non-hydrogen) atoms. The van der Waals surface area contributed by atoms with Crippen LogP contribution in [-0.2, 0) is 12.8 Å². The van der Waals surface area contributed by atoms with Gasteiger partial charge in [-0.25, -0.2) is 4.39 Å². The van der Waals surface area contributed by atoms with Crippen LogP contribution in [0.1, 0.15) is 24.0 Å². The van der Waals surface area contributed by atoms with Crippen LogP contribution in [0.25, 0.3) is 0 Å². The molecule has 0 N–H and O–H groups in total. The third-order valence-corrected chi connectivity index (χ3v) is 3.08. The average Bonchev–Trinajstić information content (AvgIpc) is 2.04. The first-order chi connectivity index (χ1) is 5.77. The minimum absolute atomic E-state index is 0.123. The van der Waals surface area contributed by atoms with Crippen LogP contribution in [-0.4, -0.2) is 0 Å². The van der Waals surface area contributed by atoms with Crippen LogP contribution in [0.4, 0.5) is 4.39 Å². The highest BCUT2D eigenvalue weighted by Gasteiger charge is 2.12. The lowest BCUT2D eigenvalue weighted by Gasteiger charge is -2.16. The zero-order valence-electron chi connectivity index (χ0n) is 6.74. The average molecular weight is 229 g/mol. The minimum atomic E-state index is -0.123. The van der Waals surface area contributed by atoms with Gasteiger partial charge in [-0.05, 0) is 48.9 Å². The van der Waals surface area contributed by atoms with Crippen molar-refractivity contribution in [1.82, 2.24) is 0 Å². The summed E-state index contributed by atoms with van der Waals surface area (Å²) in [5, 5.41) is 0. The van der Waals surface area contributed by atoms with Crippen LogP contribution in [0.5, 0.6) is 0 Å². The maximum atomic E-state index is 12.9. The first kappa shape index (κ1) is 8.24. The van der Waals surface area contributed by atoms with E-state index in [1.165, 1.54) is 24.0 Å². The summed E-state index contributed by atoms with van der Waals surface area (Å²) in [5.74, 6) is -0.123. The molecule has 2 rings (SSSR count).